The molecule has 0 spiro atoms. The number of ketones is 1. The van der Waals surface area contributed by atoms with Gasteiger partial charge in [-0.05, 0) is 126 Å². The van der Waals surface area contributed by atoms with Crippen LogP contribution in [0, 0.1) is 0 Å². The molecule has 2 N–H and O–H groups in total. The van der Waals surface area contributed by atoms with Gasteiger partial charge in [0.1, 0.15) is 33.9 Å². The minimum absolute atomic E-state index is 0.0977. The van der Waals surface area contributed by atoms with Gasteiger partial charge in [0.05, 0.1) is 53.7 Å². The summed E-state index contributed by atoms with van der Waals surface area (Å²) < 4.78 is 6.75. The maximum Gasteiger partial charge on any atom is 0.251 e. The Morgan fingerprint density at radius 1 is 0.640 bits per heavy atom. The number of carbonyl (C=O) groups is 2. The molecule has 0 aliphatic carbocycles. The van der Waals surface area contributed by atoms with E-state index in [1.54, 1.807) is 18.4 Å². The van der Waals surface area contributed by atoms with Crippen LogP contribution in [-0.4, -0.2) is 78.0 Å². The van der Waals surface area contributed by atoms with E-state index in [-0.39, 0.29) is 24.7 Å². The van der Waals surface area contributed by atoms with Crippen molar-refractivity contribution in [1.82, 2.24) is 25.2 Å². The van der Waals surface area contributed by atoms with E-state index in [0.29, 0.717) is 37.5 Å². The highest BCUT2D eigenvalue weighted by atomic mass is 32.1. The zero-order valence-corrected chi connectivity index (χ0v) is 43.9. The van der Waals surface area contributed by atoms with Crippen molar-refractivity contribution in [3.8, 4) is 16.3 Å². The Bertz CT molecular complexity index is 3380. The average molecular weight is 1030 g/mol. The predicted octanol–water partition coefficient (Wildman–Crippen LogP) is 11.0. The lowest BCUT2D eigenvalue weighted by atomic mass is 10.1. The summed E-state index contributed by atoms with van der Waals surface area (Å²) in [5.74, 6) is 0.701. The molecule has 75 heavy (non-hydrogen) atoms. The number of carbonyl (C=O) groups excluding carboxylic acids is 2. The van der Waals surface area contributed by atoms with Crippen molar-refractivity contribution in [1.29, 1.82) is 0 Å². The number of nitrogens with zero attached hydrogens (tertiary/aromatic N) is 5. The molecule has 0 saturated heterocycles. The standard InChI is InChI=1S/C63H58N7O3PS/c1-69(45-54(71)38-46-24-30-58(60(39-46)73-2)66-34-36-70(43-51-16-12-14-32-64-51)44-52-17-13-15-33-65-52)53-29-27-47-40-50(26-25-48(47)41-53)63-68-59-31-28-49(42-61(59)75-63)62(72)67-35-37-74(55-18-6-3-7-19-55,56-20-8-4-9-21-56)57-22-10-5-11-23-57/h3-33,39-42,66H,34-38,43-45H2,1-2H3/p+1. The van der Waals surface area contributed by atoms with E-state index in [0.717, 1.165) is 72.6 Å². The molecule has 10 aromatic rings. The van der Waals surface area contributed by atoms with Gasteiger partial charge in [-0.2, -0.15) is 0 Å². The molecule has 0 atom stereocenters. The second kappa shape index (κ2) is 23.9. The number of amides is 1. The van der Waals surface area contributed by atoms with Crippen LogP contribution in [0.5, 0.6) is 5.75 Å². The molecule has 374 valence electrons. The summed E-state index contributed by atoms with van der Waals surface area (Å²) in [6.45, 7) is 3.63. The average Bonchev–Trinajstić information content (AvgIpc) is 3.90. The second-order valence-electron chi connectivity index (χ2n) is 18.6. The van der Waals surface area contributed by atoms with E-state index in [1.165, 1.54) is 15.9 Å². The fraction of sp³-hybridized carbons (Fsp3) is 0.159. The van der Waals surface area contributed by atoms with Gasteiger partial charge in [-0.15, -0.1) is 11.3 Å². The van der Waals surface area contributed by atoms with Gasteiger partial charge in [-0.25, -0.2) is 4.98 Å². The number of pyridine rings is 2. The Labute approximate surface area is 443 Å². The van der Waals surface area contributed by atoms with Crippen molar-refractivity contribution < 1.29 is 14.3 Å². The monoisotopic (exact) mass is 1020 g/mol. The molecule has 7 aromatic carbocycles. The summed E-state index contributed by atoms with van der Waals surface area (Å²) in [6.07, 6.45) is 4.72. The molecule has 0 aliphatic heterocycles. The molecule has 0 saturated carbocycles. The normalized spacial score (nSPS) is 11.5. The first-order chi connectivity index (χ1) is 36.8. The number of nitrogens with one attached hydrogen (secondary N) is 2. The van der Waals surface area contributed by atoms with Gasteiger partial charge in [0, 0.05) is 68.9 Å². The molecule has 10 rings (SSSR count). The van der Waals surface area contributed by atoms with Gasteiger partial charge in [0.15, 0.2) is 5.78 Å². The summed E-state index contributed by atoms with van der Waals surface area (Å²) in [6, 6.07) is 68.5. The Balaban J connectivity index is 0.749. The molecule has 0 aliphatic rings. The lowest BCUT2D eigenvalue weighted by Crippen LogP contribution is -2.37. The molecular formula is C63H59N7O3PS+. The van der Waals surface area contributed by atoms with E-state index in [9.17, 15) is 9.59 Å². The van der Waals surface area contributed by atoms with Crippen LogP contribution in [0.2, 0.25) is 0 Å². The van der Waals surface area contributed by atoms with Crippen molar-refractivity contribution in [3.05, 3.63) is 235 Å². The largest absolute Gasteiger partial charge is 0.495 e. The molecular weight excluding hydrogens is 966 g/mol. The number of aromatic nitrogens is 3. The van der Waals surface area contributed by atoms with Crippen molar-refractivity contribution in [3.63, 3.8) is 0 Å². The molecule has 10 nitrogen and oxygen atoms in total. The number of hydrogen-bond acceptors (Lipinski definition) is 10. The van der Waals surface area contributed by atoms with E-state index >= 15 is 0 Å². The highest BCUT2D eigenvalue weighted by molar-refractivity contribution is 7.95. The molecule has 12 heteroatoms. The Hall–Kier alpha value is -8.08. The number of rotatable bonds is 22. The minimum Gasteiger partial charge on any atom is -0.495 e. The first-order valence-corrected chi connectivity index (χ1v) is 28.0. The Morgan fingerprint density at radius 3 is 1.89 bits per heavy atom. The summed E-state index contributed by atoms with van der Waals surface area (Å²) >= 11 is 1.58. The van der Waals surface area contributed by atoms with Crippen LogP contribution < -0.4 is 36.2 Å². The fourth-order valence-corrected chi connectivity index (χ4v) is 14.9. The van der Waals surface area contributed by atoms with Crippen LogP contribution in [0.1, 0.15) is 27.3 Å². The Kier molecular flexibility index (Phi) is 16.0. The van der Waals surface area contributed by atoms with Gasteiger partial charge < -0.3 is 20.3 Å². The quantitative estimate of drug-likeness (QED) is 0.0641. The number of methoxy groups -OCH3 is 1. The third-order valence-electron chi connectivity index (χ3n) is 13.5. The molecule has 3 aromatic heterocycles. The van der Waals surface area contributed by atoms with E-state index < -0.39 is 7.26 Å². The number of Topliss-reactive ketones (excluding diaryl/α,β-unsaturated/α-hetero) is 1. The number of thiazole rings is 1. The molecule has 0 radical (unpaired) electrons. The third-order valence-corrected chi connectivity index (χ3v) is 19.0. The molecule has 0 fully saturated rings. The van der Waals surface area contributed by atoms with Gasteiger partial charge in [-0.1, -0.05) is 91.0 Å². The third kappa shape index (κ3) is 12.1. The molecule has 0 unspecified atom stereocenters. The van der Waals surface area contributed by atoms with Crippen molar-refractivity contribution in [2.45, 2.75) is 19.5 Å². The van der Waals surface area contributed by atoms with Gasteiger partial charge >= 0.3 is 0 Å². The van der Waals surface area contributed by atoms with E-state index in [1.807, 2.05) is 97.1 Å². The number of likely N-dealkylation sites (N-methyl/N-ethyl adjacent to an activating group) is 1. The van der Waals surface area contributed by atoms with Gasteiger partial charge in [0.2, 0.25) is 0 Å². The van der Waals surface area contributed by atoms with Gasteiger partial charge in [-0.3, -0.25) is 24.5 Å². The number of ether oxygens (including phenoxy) is 1. The van der Waals surface area contributed by atoms with Gasteiger partial charge in [0.25, 0.3) is 5.91 Å². The van der Waals surface area contributed by atoms with Crippen LogP contribution in [0.25, 0.3) is 31.6 Å². The zero-order valence-electron chi connectivity index (χ0n) is 42.2. The maximum absolute atomic E-state index is 13.8. The fourth-order valence-electron chi connectivity index (χ4n) is 9.75. The van der Waals surface area contributed by atoms with Crippen molar-refractivity contribution in [2.75, 3.05) is 56.7 Å². The summed E-state index contributed by atoms with van der Waals surface area (Å²) in [5, 5.41) is 13.7. The van der Waals surface area contributed by atoms with Crippen LogP contribution in [0.3, 0.4) is 0 Å². The number of anilines is 2. The smallest absolute Gasteiger partial charge is 0.251 e. The first-order valence-electron chi connectivity index (χ1n) is 25.2. The van der Waals surface area contributed by atoms with Crippen molar-refractivity contribution >= 4 is 78.6 Å². The molecule has 0 bridgehead atoms. The summed E-state index contributed by atoms with van der Waals surface area (Å²) in [5.41, 5.74) is 7.22. The van der Waals surface area contributed by atoms with E-state index in [4.69, 9.17) is 9.72 Å². The van der Waals surface area contributed by atoms with Crippen LogP contribution in [0.4, 0.5) is 11.4 Å². The first kappa shape index (κ1) is 50.5. The van der Waals surface area contributed by atoms with E-state index in [2.05, 4.69) is 153 Å². The number of fused-ring (bicyclic) bond motifs is 2. The van der Waals surface area contributed by atoms with Crippen LogP contribution in [0.15, 0.2) is 213 Å². The molecule has 1 amide bonds. The lowest BCUT2D eigenvalue weighted by molar-refractivity contribution is -0.117. The number of benzene rings is 7. The second-order valence-corrected chi connectivity index (χ2v) is 23.3. The summed E-state index contributed by atoms with van der Waals surface area (Å²) in [7, 11) is 1.53. The topological polar surface area (TPSA) is 113 Å². The molecule has 3 heterocycles. The predicted molar refractivity (Wildman–Crippen MR) is 311 cm³/mol. The van der Waals surface area contributed by atoms with Crippen LogP contribution >= 0.6 is 18.6 Å². The van der Waals surface area contributed by atoms with Crippen LogP contribution in [-0.2, 0) is 24.3 Å². The maximum atomic E-state index is 13.8. The highest BCUT2D eigenvalue weighted by Gasteiger charge is 2.44. The minimum atomic E-state index is -2.08. The highest BCUT2D eigenvalue weighted by Crippen LogP contribution is 2.54. The zero-order chi connectivity index (χ0) is 51.4. The number of hydrogen-bond donors (Lipinski definition) is 2. The Morgan fingerprint density at radius 2 is 1.27 bits per heavy atom. The summed E-state index contributed by atoms with van der Waals surface area (Å²) in [4.78, 5) is 45.7. The van der Waals surface area contributed by atoms with Crippen molar-refractivity contribution in [2.24, 2.45) is 0 Å². The lowest BCUT2D eigenvalue weighted by Gasteiger charge is -2.27. The SMILES string of the molecule is COc1cc(CC(=O)CN(C)c2ccc3cc(-c4nc5ccc(C(=O)NCC[P+](c6ccccc6)(c6ccccc6)c6ccccc6)cc5s4)ccc3c2)ccc1NCCN(Cc1ccccn1)Cc1ccccn1.